The Morgan fingerprint density at radius 3 is 2.73 bits per heavy atom. The largest absolute Gasteiger partial charge is 0.504 e. The van der Waals surface area contributed by atoms with Gasteiger partial charge in [0.15, 0.2) is 17.6 Å². The van der Waals surface area contributed by atoms with Gasteiger partial charge in [0, 0.05) is 6.42 Å². The van der Waals surface area contributed by atoms with Crippen LogP contribution in [0.15, 0.2) is 36.9 Å². The molecule has 80 valence electrons. The van der Waals surface area contributed by atoms with Crippen LogP contribution in [0.3, 0.4) is 0 Å². The molecule has 0 saturated carbocycles. The summed E-state index contributed by atoms with van der Waals surface area (Å²) < 4.78 is 5.13. The van der Waals surface area contributed by atoms with E-state index in [0.717, 1.165) is 0 Å². The van der Waals surface area contributed by atoms with Crippen molar-refractivity contribution in [3.8, 4) is 11.5 Å². The Balaban J connectivity index is 2.78. The van der Waals surface area contributed by atoms with Crippen LogP contribution in [-0.4, -0.2) is 22.3 Å². The van der Waals surface area contributed by atoms with Gasteiger partial charge >= 0.3 is 5.97 Å². The van der Waals surface area contributed by atoms with Crippen molar-refractivity contribution in [2.45, 2.75) is 12.5 Å². The van der Waals surface area contributed by atoms with Crippen molar-refractivity contribution in [2.24, 2.45) is 0 Å². The van der Waals surface area contributed by atoms with E-state index in [4.69, 9.17) is 9.84 Å². The highest BCUT2D eigenvalue weighted by Gasteiger charge is 2.18. The molecule has 0 aliphatic carbocycles. The number of aromatic hydroxyl groups is 1. The molecule has 4 nitrogen and oxygen atoms in total. The molecule has 1 rings (SSSR count). The number of rotatable bonds is 5. The van der Waals surface area contributed by atoms with Crippen LogP contribution in [-0.2, 0) is 4.79 Å². The number of carboxylic acid groups (broad SMARTS) is 1. The average molecular weight is 208 g/mol. The second-order valence-corrected chi connectivity index (χ2v) is 2.94. The predicted molar refractivity (Wildman–Crippen MR) is 55.0 cm³/mol. The molecule has 1 aromatic rings. The lowest BCUT2D eigenvalue weighted by molar-refractivity contribution is -0.144. The van der Waals surface area contributed by atoms with E-state index < -0.39 is 12.1 Å². The van der Waals surface area contributed by atoms with Crippen molar-refractivity contribution < 1.29 is 19.7 Å². The van der Waals surface area contributed by atoms with E-state index in [2.05, 4.69) is 6.58 Å². The molecule has 0 aliphatic rings. The van der Waals surface area contributed by atoms with Gasteiger partial charge in [-0.25, -0.2) is 4.79 Å². The summed E-state index contributed by atoms with van der Waals surface area (Å²) in [5.41, 5.74) is 0. The number of ether oxygens (including phenoxy) is 1. The lowest BCUT2D eigenvalue weighted by atomic mass is 10.2. The van der Waals surface area contributed by atoms with Gasteiger partial charge in [0.25, 0.3) is 0 Å². The van der Waals surface area contributed by atoms with E-state index >= 15 is 0 Å². The summed E-state index contributed by atoms with van der Waals surface area (Å²) in [4.78, 5) is 10.8. The molecule has 0 aliphatic heterocycles. The molecule has 0 bridgehead atoms. The number of aliphatic carboxylic acids is 1. The summed E-state index contributed by atoms with van der Waals surface area (Å²) in [7, 11) is 0. The van der Waals surface area contributed by atoms with Crippen molar-refractivity contribution in [2.75, 3.05) is 0 Å². The van der Waals surface area contributed by atoms with Crippen LogP contribution in [0.25, 0.3) is 0 Å². The zero-order valence-corrected chi connectivity index (χ0v) is 8.09. The van der Waals surface area contributed by atoms with E-state index in [1.54, 1.807) is 12.1 Å². The fourth-order valence-electron chi connectivity index (χ4n) is 1.06. The first-order valence-electron chi connectivity index (χ1n) is 4.43. The minimum Gasteiger partial charge on any atom is -0.504 e. The fourth-order valence-corrected chi connectivity index (χ4v) is 1.06. The van der Waals surface area contributed by atoms with Gasteiger partial charge in [0.1, 0.15) is 0 Å². The van der Waals surface area contributed by atoms with E-state index in [1.165, 1.54) is 18.2 Å². The van der Waals surface area contributed by atoms with Gasteiger partial charge in [-0.15, -0.1) is 6.58 Å². The summed E-state index contributed by atoms with van der Waals surface area (Å²) in [5.74, 6) is -1.00. The Morgan fingerprint density at radius 2 is 2.20 bits per heavy atom. The van der Waals surface area contributed by atoms with Gasteiger partial charge in [-0.2, -0.15) is 0 Å². The van der Waals surface area contributed by atoms with Crippen LogP contribution in [0, 0.1) is 0 Å². The number of hydrogen-bond acceptors (Lipinski definition) is 3. The number of para-hydroxylation sites is 2. The van der Waals surface area contributed by atoms with Gasteiger partial charge in [-0.05, 0) is 12.1 Å². The van der Waals surface area contributed by atoms with Crippen LogP contribution >= 0.6 is 0 Å². The van der Waals surface area contributed by atoms with Crippen molar-refractivity contribution in [3.63, 3.8) is 0 Å². The quantitative estimate of drug-likeness (QED) is 0.724. The highest BCUT2D eigenvalue weighted by molar-refractivity contribution is 5.73. The minimum absolute atomic E-state index is 0.0761. The van der Waals surface area contributed by atoms with E-state index in [0.29, 0.717) is 0 Å². The van der Waals surface area contributed by atoms with Crippen molar-refractivity contribution in [1.29, 1.82) is 0 Å². The molecule has 1 unspecified atom stereocenters. The second-order valence-electron chi connectivity index (χ2n) is 2.94. The molecule has 0 radical (unpaired) electrons. The zero-order valence-electron chi connectivity index (χ0n) is 8.09. The monoisotopic (exact) mass is 208 g/mol. The standard InChI is InChI=1S/C11H12O4/c1-2-5-10(11(13)14)15-9-7-4-3-6-8(9)12/h2-4,6-7,10,12H,1,5H2,(H,13,14). The van der Waals surface area contributed by atoms with Gasteiger partial charge < -0.3 is 14.9 Å². The highest BCUT2D eigenvalue weighted by atomic mass is 16.5. The molecular formula is C11H12O4. The molecule has 15 heavy (non-hydrogen) atoms. The summed E-state index contributed by atoms with van der Waals surface area (Å²) in [6.45, 7) is 3.44. The molecule has 0 spiro atoms. The number of carboxylic acids is 1. The molecule has 0 aromatic heterocycles. The third-order valence-electron chi connectivity index (χ3n) is 1.79. The molecule has 1 aromatic carbocycles. The summed E-state index contributed by atoms with van der Waals surface area (Å²) in [6.07, 6.45) is 0.624. The molecule has 4 heteroatoms. The van der Waals surface area contributed by atoms with E-state index in [-0.39, 0.29) is 17.9 Å². The highest BCUT2D eigenvalue weighted by Crippen LogP contribution is 2.26. The van der Waals surface area contributed by atoms with Crippen LogP contribution in [0.5, 0.6) is 11.5 Å². The van der Waals surface area contributed by atoms with Gasteiger partial charge in [-0.1, -0.05) is 18.2 Å². The van der Waals surface area contributed by atoms with Crippen LogP contribution in [0.2, 0.25) is 0 Å². The van der Waals surface area contributed by atoms with Crippen LogP contribution in [0.4, 0.5) is 0 Å². The summed E-state index contributed by atoms with van der Waals surface area (Å²) >= 11 is 0. The molecule has 0 fully saturated rings. The van der Waals surface area contributed by atoms with Crippen molar-refractivity contribution in [1.82, 2.24) is 0 Å². The Morgan fingerprint density at radius 1 is 1.53 bits per heavy atom. The summed E-state index contributed by atoms with van der Waals surface area (Å²) in [6, 6.07) is 6.23. The first kappa shape index (κ1) is 11.1. The minimum atomic E-state index is -1.09. The molecular weight excluding hydrogens is 196 g/mol. The Bertz CT molecular complexity index is 359. The maximum atomic E-state index is 10.8. The second kappa shape index (κ2) is 5.05. The maximum Gasteiger partial charge on any atom is 0.345 e. The first-order chi connectivity index (χ1) is 7.15. The number of phenolic OH excluding ortho intramolecular Hbond substituents is 1. The molecule has 0 saturated heterocycles. The van der Waals surface area contributed by atoms with Crippen LogP contribution in [0.1, 0.15) is 6.42 Å². The topological polar surface area (TPSA) is 66.8 Å². The van der Waals surface area contributed by atoms with Crippen LogP contribution < -0.4 is 4.74 Å². The fraction of sp³-hybridized carbons (Fsp3) is 0.182. The van der Waals surface area contributed by atoms with Gasteiger partial charge in [-0.3, -0.25) is 0 Å². The molecule has 1 atom stereocenters. The number of carbonyl (C=O) groups is 1. The van der Waals surface area contributed by atoms with Crippen molar-refractivity contribution >= 4 is 5.97 Å². The van der Waals surface area contributed by atoms with E-state index in [9.17, 15) is 9.90 Å². The lowest BCUT2D eigenvalue weighted by Crippen LogP contribution is -2.26. The average Bonchev–Trinajstić information content (AvgIpc) is 2.20. The third kappa shape index (κ3) is 3.02. The number of benzene rings is 1. The normalized spacial score (nSPS) is 11.7. The third-order valence-corrected chi connectivity index (χ3v) is 1.79. The summed E-state index contributed by atoms with van der Waals surface area (Å²) in [5, 5.41) is 18.2. The maximum absolute atomic E-state index is 10.8. The Hall–Kier alpha value is -1.97. The Labute approximate surface area is 87.4 Å². The van der Waals surface area contributed by atoms with E-state index in [1.807, 2.05) is 0 Å². The first-order valence-corrected chi connectivity index (χ1v) is 4.43. The SMILES string of the molecule is C=CCC(Oc1ccccc1O)C(=O)O. The molecule has 2 N–H and O–H groups in total. The van der Waals surface area contributed by atoms with Gasteiger partial charge in [0.2, 0.25) is 0 Å². The molecule has 0 heterocycles. The number of hydrogen-bond donors (Lipinski definition) is 2. The van der Waals surface area contributed by atoms with Gasteiger partial charge in [0.05, 0.1) is 0 Å². The Kier molecular flexibility index (Phi) is 3.74. The smallest absolute Gasteiger partial charge is 0.345 e. The zero-order chi connectivity index (χ0) is 11.3. The van der Waals surface area contributed by atoms with Crippen molar-refractivity contribution in [3.05, 3.63) is 36.9 Å². The molecule has 0 amide bonds. The predicted octanol–water partition coefficient (Wildman–Crippen LogP) is 1.80. The lowest BCUT2D eigenvalue weighted by Gasteiger charge is -2.13. The number of phenols is 1.